The molecule has 1 saturated carbocycles. The molecule has 1 unspecified atom stereocenters. The Bertz CT molecular complexity index is 368. The van der Waals surface area contributed by atoms with E-state index in [-0.39, 0.29) is 6.04 Å². The summed E-state index contributed by atoms with van der Waals surface area (Å²) in [5.41, 5.74) is 0. The molecule has 0 radical (unpaired) electrons. The number of aromatic nitrogens is 4. The number of rotatable bonds is 6. The molecule has 108 valence electrons. The van der Waals surface area contributed by atoms with Crippen LogP contribution in [0.5, 0.6) is 0 Å². The van der Waals surface area contributed by atoms with E-state index in [0.29, 0.717) is 6.04 Å². The molecule has 0 amide bonds. The number of hydrogen-bond acceptors (Lipinski definition) is 4. The number of nitrogens with one attached hydrogen (secondary N) is 1. The zero-order chi connectivity index (χ0) is 13.7. The topological polar surface area (TPSA) is 55.6 Å². The lowest BCUT2D eigenvalue weighted by Gasteiger charge is -2.29. The van der Waals surface area contributed by atoms with Gasteiger partial charge in [-0.15, -0.1) is 5.10 Å². The SMILES string of the molecule is CCCC1CCC(n2nnnc2C(C)NCC)CC1. The molecular formula is C14H27N5. The van der Waals surface area contributed by atoms with E-state index < -0.39 is 0 Å². The third-order valence-corrected chi connectivity index (χ3v) is 4.27. The summed E-state index contributed by atoms with van der Waals surface area (Å²) in [7, 11) is 0. The third kappa shape index (κ3) is 3.53. The van der Waals surface area contributed by atoms with Crippen molar-refractivity contribution < 1.29 is 0 Å². The molecule has 2 rings (SSSR count). The summed E-state index contributed by atoms with van der Waals surface area (Å²) in [5, 5.41) is 15.7. The van der Waals surface area contributed by atoms with Crippen LogP contribution < -0.4 is 5.32 Å². The molecule has 1 atom stereocenters. The second-order valence-electron chi connectivity index (χ2n) is 5.72. The van der Waals surface area contributed by atoms with Gasteiger partial charge >= 0.3 is 0 Å². The minimum atomic E-state index is 0.230. The molecule has 0 aromatic carbocycles. The standard InChI is InChI=1S/C14H27N5/c1-4-6-12-7-9-13(10-8-12)19-14(16-17-18-19)11(3)15-5-2/h11-13,15H,4-10H2,1-3H3. The second-order valence-corrected chi connectivity index (χ2v) is 5.72. The molecule has 1 aliphatic rings. The first kappa shape index (κ1) is 14.4. The summed E-state index contributed by atoms with van der Waals surface area (Å²) < 4.78 is 2.06. The van der Waals surface area contributed by atoms with Gasteiger partial charge < -0.3 is 5.32 Å². The molecule has 1 fully saturated rings. The summed E-state index contributed by atoms with van der Waals surface area (Å²) in [5.74, 6) is 1.91. The number of nitrogens with zero attached hydrogens (tertiary/aromatic N) is 4. The lowest BCUT2D eigenvalue weighted by Crippen LogP contribution is -2.26. The van der Waals surface area contributed by atoms with E-state index in [0.717, 1.165) is 18.3 Å². The molecule has 0 aliphatic heterocycles. The van der Waals surface area contributed by atoms with E-state index >= 15 is 0 Å². The highest BCUT2D eigenvalue weighted by molar-refractivity contribution is 4.93. The fourth-order valence-electron chi connectivity index (χ4n) is 3.23. The van der Waals surface area contributed by atoms with Gasteiger partial charge in [0.15, 0.2) is 5.82 Å². The van der Waals surface area contributed by atoms with Crippen molar-refractivity contribution in [1.29, 1.82) is 0 Å². The van der Waals surface area contributed by atoms with Crippen molar-refractivity contribution in [3.8, 4) is 0 Å². The predicted molar refractivity (Wildman–Crippen MR) is 75.8 cm³/mol. The van der Waals surface area contributed by atoms with Crippen molar-refractivity contribution >= 4 is 0 Å². The first-order chi connectivity index (χ1) is 9.26. The Labute approximate surface area is 116 Å². The summed E-state index contributed by atoms with van der Waals surface area (Å²) in [6, 6.07) is 0.729. The van der Waals surface area contributed by atoms with Gasteiger partial charge in [-0.1, -0.05) is 26.7 Å². The van der Waals surface area contributed by atoms with Crippen molar-refractivity contribution in [2.24, 2.45) is 5.92 Å². The molecule has 1 N–H and O–H groups in total. The van der Waals surface area contributed by atoms with Gasteiger partial charge in [-0.2, -0.15) is 0 Å². The minimum Gasteiger partial charge on any atom is -0.308 e. The quantitative estimate of drug-likeness (QED) is 0.859. The molecule has 1 aliphatic carbocycles. The fourth-order valence-corrected chi connectivity index (χ4v) is 3.23. The normalized spacial score (nSPS) is 25.4. The molecule has 1 aromatic rings. The Morgan fingerprint density at radius 2 is 2.00 bits per heavy atom. The van der Waals surface area contributed by atoms with Crippen molar-refractivity contribution in [2.45, 2.75) is 71.4 Å². The lowest BCUT2D eigenvalue weighted by atomic mass is 9.83. The molecule has 1 aromatic heterocycles. The van der Waals surface area contributed by atoms with Gasteiger partial charge in [0.25, 0.3) is 0 Å². The van der Waals surface area contributed by atoms with Crippen LogP contribution in [0.25, 0.3) is 0 Å². The zero-order valence-electron chi connectivity index (χ0n) is 12.5. The molecule has 0 bridgehead atoms. The van der Waals surface area contributed by atoms with Gasteiger partial charge in [0.05, 0.1) is 12.1 Å². The lowest BCUT2D eigenvalue weighted by molar-refractivity contribution is 0.241. The van der Waals surface area contributed by atoms with Crippen LogP contribution in [-0.2, 0) is 0 Å². The van der Waals surface area contributed by atoms with E-state index in [4.69, 9.17) is 0 Å². The highest BCUT2D eigenvalue weighted by Crippen LogP contribution is 2.34. The monoisotopic (exact) mass is 265 g/mol. The van der Waals surface area contributed by atoms with Gasteiger partial charge in [-0.25, -0.2) is 4.68 Å². The van der Waals surface area contributed by atoms with Crippen molar-refractivity contribution in [3.63, 3.8) is 0 Å². The van der Waals surface area contributed by atoms with Crippen LogP contribution in [0.2, 0.25) is 0 Å². The molecule has 5 nitrogen and oxygen atoms in total. The van der Waals surface area contributed by atoms with E-state index in [2.05, 4.69) is 46.3 Å². The number of hydrogen-bond donors (Lipinski definition) is 1. The Morgan fingerprint density at radius 1 is 1.26 bits per heavy atom. The maximum Gasteiger partial charge on any atom is 0.168 e. The van der Waals surface area contributed by atoms with Gasteiger partial charge in [0.2, 0.25) is 0 Å². The van der Waals surface area contributed by atoms with Gasteiger partial charge in [0.1, 0.15) is 0 Å². The van der Waals surface area contributed by atoms with Crippen LogP contribution >= 0.6 is 0 Å². The third-order valence-electron chi connectivity index (χ3n) is 4.27. The van der Waals surface area contributed by atoms with E-state index in [1.165, 1.54) is 38.5 Å². The summed E-state index contributed by atoms with van der Waals surface area (Å²) >= 11 is 0. The Hall–Kier alpha value is -0.970. The first-order valence-electron chi connectivity index (χ1n) is 7.77. The van der Waals surface area contributed by atoms with Crippen LogP contribution in [-0.4, -0.2) is 26.8 Å². The molecule has 5 heteroatoms. The molecule has 0 saturated heterocycles. The summed E-state index contributed by atoms with van der Waals surface area (Å²) in [6.07, 6.45) is 7.79. The minimum absolute atomic E-state index is 0.230. The van der Waals surface area contributed by atoms with E-state index in [1.54, 1.807) is 0 Å². The van der Waals surface area contributed by atoms with E-state index in [9.17, 15) is 0 Å². The largest absolute Gasteiger partial charge is 0.308 e. The molecule has 1 heterocycles. The van der Waals surface area contributed by atoms with Gasteiger partial charge in [0, 0.05) is 0 Å². The zero-order valence-corrected chi connectivity index (χ0v) is 12.5. The van der Waals surface area contributed by atoms with Crippen LogP contribution in [0.3, 0.4) is 0 Å². The average Bonchev–Trinajstić information content (AvgIpc) is 2.89. The maximum atomic E-state index is 4.23. The van der Waals surface area contributed by atoms with Crippen LogP contribution in [0.4, 0.5) is 0 Å². The predicted octanol–water partition coefficient (Wildman–Crippen LogP) is 2.88. The molecular weight excluding hydrogens is 238 g/mol. The van der Waals surface area contributed by atoms with Crippen LogP contribution in [0.15, 0.2) is 0 Å². The van der Waals surface area contributed by atoms with Crippen LogP contribution in [0, 0.1) is 5.92 Å². The van der Waals surface area contributed by atoms with Crippen molar-refractivity contribution in [1.82, 2.24) is 25.5 Å². The van der Waals surface area contributed by atoms with E-state index in [1.807, 2.05) is 0 Å². The molecule has 19 heavy (non-hydrogen) atoms. The van der Waals surface area contributed by atoms with Crippen molar-refractivity contribution in [3.05, 3.63) is 5.82 Å². The second kappa shape index (κ2) is 6.98. The van der Waals surface area contributed by atoms with Gasteiger partial charge in [-0.3, -0.25) is 0 Å². The highest BCUT2D eigenvalue weighted by atomic mass is 15.6. The maximum absolute atomic E-state index is 4.23. The Morgan fingerprint density at radius 3 is 2.63 bits per heavy atom. The van der Waals surface area contributed by atoms with Gasteiger partial charge in [-0.05, 0) is 55.5 Å². The Balaban J connectivity index is 1.98. The summed E-state index contributed by atoms with van der Waals surface area (Å²) in [6.45, 7) is 7.47. The van der Waals surface area contributed by atoms with Crippen molar-refractivity contribution in [2.75, 3.05) is 6.54 Å². The fraction of sp³-hybridized carbons (Fsp3) is 0.929. The number of tetrazole rings is 1. The smallest absolute Gasteiger partial charge is 0.168 e. The Kier molecular flexibility index (Phi) is 5.31. The first-order valence-corrected chi connectivity index (χ1v) is 7.77. The highest BCUT2D eigenvalue weighted by Gasteiger charge is 2.26. The van der Waals surface area contributed by atoms with Crippen LogP contribution in [0.1, 0.15) is 77.2 Å². The summed E-state index contributed by atoms with van der Waals surface area (Å²) in [4.78, 5) is 0. The average molecular weight is 265 g/mol. The molecule has 0 spiro atoms.